The predicted octanol–water partition coefficient (Wildman–Crippen LogP) is 1.86. The summed E-state index contributed by atoms with van der Waals surface area (Å²) in [4.78, 5) is 62.6. The van der Waals surface area contributed by atoms with E-state index in [1.165, 1.54) is 30.4 Å². The van der Waals surface area contributed by atoms with Gasteiger partial charge in [0.2, 0.25) is 17.7 Å². The SMILES string of the molecule is CCOC(=O)/C=C/[C@H](CC(C)C)NC(=O)[C@H](CCC(N)=O)NC(=O)[C@@H](NC(=O)c1cccc(O)c1C)C(C)C. The number of hydrogen-bond donors (Lipinski definition) is 5. The number of phenolic OH excluding ortho intramolecular Hbond substituents is 1. The number of phenols is 1. The number of nitrogens with one attached hydrogen (secondary N) is 3. The molecule has 0 radical (unpaired) electrons. The van der Waals surface area contributed by atoms with Crippen LogP contribution in [0.4, 0.5) is 0 Å². The van der Waals surface area contributed by atoms with Crippen molar-refractivity contribution in [2.24, 2.45) is 17.6 Å². The fourth-order valence-corrected chi connectivity index (χ4v) is 3.80. The van der Waals surface area contributed by atoms with Gasteiger partial charge in [0.1, 0.15) is 17.8 Å². The minimum absolute atomic E-state index is 0.0515. The third-order valence-corrected chi connectivity index (χ3v) is 5.90. The maximum atomic E-state index is 13.3. The molecule has 0 unspecified atom stereocenters. The van der Waals surface area contributed by atoms with Gasteiger partial charge in [-0.25, -0.2) is 4.79 Å². The molecule has 39 heavy (non-hydrogen) atoms. The van der Waals surface area contributed by atoms with E-state index in [0.717, 1.165) is 0 Å². The number of amides is 4. The lowest BCUT2D eigenvalue weighted by Crippen LogP contribution is -2.56. The molecule has 216 valence electrons. The van der Waals surface area contributed by atoms with Crippen molar-refractivity contribution in [2.75, 3.05) is 6.61 Å². The number of carbonyl (C=O) groups excluding carboxylic acids is 5. The normalized spacial score (nSPS) is 13.5. The Morgan fingerprint density at radius 3 is 2.26 bits per heavy atom. The fourth-order valence-electron chi connectivity index (χ4n) is 3.80. The molecule has 6 N–H and O–H groups in total. The van der Waals surface area contributed by atoms with Crippen LogP contribution in [0.15, 0.2) is 30.4 Å². The van der Waals surface area contributed by atoms with Crippen molar-refractivity contribution in [1.82, 2.24) is 16.0 Å². The molecule has 0 aromatic heterocycles. The lowest BCUT2D eigenvalue weighted by Gasteiger charge is -2.27. The first-order valence-corrected chi connectivity index (χ1v) is 13.1. The fraction of sp³-hybridized carbons (Fsp3) is 0.536. The van der Waals surface area contributed by atoms with E-state index in [1.54, 1.807) is 27.7 Å². The molecule has 0 fully saturated rings. The number of aromatic hydroxyl groups is 1. The first kappa shape index (κ1) is 33.1. The van der Waals surface area contributed by atoms with E-state index in [2.05, 4.69) is 16.0 Å². The van der Waals surface area contributed by atoms with Gasteiger partial charge in [-0.2, -0.15) is 0 Å². The Hall–Kier alpha value is -3.89. The second-order valence-electron chi connectivity index (χ2n) is 10.1. The molecule has 0 spiro atoms. The van der Waals surface area contributed by atoms with E-state index in [1.807, 2.05) is 13.8 Å². The van der Waals surface area contributed by atoms with Gasteiger partial charge in [0.25, 0.3) is 5.91 Å². The number of rotatable bonds is 15. The van der Waals surface area contributed by atoms with Crippen LogP contribution in [-0.4, -0.2) is 59.4 Å². The standard InChI is InChI=1S/C28H42N4O7/c1-7-39-24(35)14-11-19(15-16(2)3)30-27(37)21(12-13-23(29)34)31-28(38)25(17(4)5)32-26(36)20-9-8-10-22(33)18(20)6/h8-11,14,16-17,19,21,25,33H,7,12-13,15H2,1-6H3,(H2,29,34)(H,30,37)(H,31,38)(H,32,36)/b14-11+/t19-,21+,25+/m1/s1. The highest BCUT2D eigenvalue weighted by atomic mass is 16.5. The molecule has 1 aromatic rings. The lowest BCUT2D eigenvalue weighted by molar-refractivity contribution is -0.137. The van der Waals surface area contributed by atoms with Gasteiger partial charge in [0.05, 0.1) is 6.61 Å². The van der Waals surface area contributed by atoms with Crippen molar-refractivity contribution in [3.63, 3.8) is 0 Å². The quantitative estimate of drug-likeness (QED) is 0.165. The Kier molecular flexibility index (Phi) is 13.7. The van der Waals surface area contributed by atoms with Gasteiger partial charge in [-0.05, 0) is 50.7 Å². The van der Waals surface area contributed by atoms with Crippen LogP contribution in [0.25, 0.3) is 0 Å². The van der Waals surface area contributed by atoms with E-state index in [9.17, 15) is 29.1 Å². The molecule has 0 heterocycles. The topological polar surface area (TPSA) is 177 Å². The molecule has 1 rings (SSSR count). The molecule has 11 nitrogen and oxygen atoms in total. The van der Waals surface area contributed by atoms with Crippen LogP contribution in [0, 0.1) is 18.8 Å². The van der Waals surface area contributed by atoms with Gasteiger partial charge < -0.3 is 31.5 Å². The molecule has 0 saturated heterocycles. The summed E-state index contributed by atoms with van der Waals surface area (Å²) in [5.41, 5.74) is 5.86. The largest absolute Gasteiger partial charge is 0.508 e. The van der Waals surface area contributed by atoms with Gasteiger partial charge in [0.15, 0.2) is 0 Å². The third kappa shape index (κ3) is 11.6. The zero-order chi connectivity index (χ0) is 29.7. The summed E-state index contributed by atoms with van der Waals surface area (Å²) in [5, 5.41) is 18.1. The summed E-state index contributed by atoms with van der Waals surface area (Å²) in [5.74, 6) is -3.17. The van der Waals surface area contributed by atoms with Gasteiger partial charge in [-0.3, -0.25) is 19.2 Å². The maximum Gasteiger partial charge on any atom is 0.330 e. The Labute approximate surface area is 229 Å². The van der Waals surface area contributed by atoms with Gasteiger partial charge in [-0.15, -0.1) is 0 Å². The van der Waals surface area contributed by atoms with Crippen molar-refractivity contribution in [3.8, 4) is 5.75 Å². The van der Waals surface area contributed by atoms with E-state index in [-0.39, 0.29) is 42.6 Å². The molecule has 1 aromatic carbocycles. The summed E-state index contributed by atoms with van der Waals surface area (Å²) in [6.07, 6.45) is 3.05. The summed E-state index contributed by atoms with van der Waals surface area (Å²) < 4.78 is 4.90. The van der Waals surface area contributed by atoms with Crippen molar-refractivity contribution < 1.29 is 33.8 Å². The summed E-state index contributed by atoms with van der Waals surface area (Å²) in [6.45, 7) is 10.9. The number of hydrogen-bond acceptors (Lipinski definition) is 7. The second-order valence-corrected chi connectivity index (χ2v) is 10.1. The number of primary amides is 1. The van der Waals surface area contributed by atoms with E-state index in [4.69, 9.17) is 10.5 Å². The van der Waals surface area contributed by atoms with Crippen LogP contribution in [0.3, 0.4) is 0 Å². The molecular formula is C28H42N4O7. The smallest absolute Gasteiger partial charge is 0.330 e. The number of nitrogens with two attached hydrogens (primary N) is 1. The number of ether oxygens (including phenoxy) is 1. The molecular weight excluding hydrogens is 504 g/mol. The van der Waals surface area contributed by atoms with Gasteiger partial charge >= 0.3 is 5.97 Å². The Morgan fingerprint density at radius 1 is 1.03 bits per heavy atom. The third-order valence-electron chi connectivity index (χ3n) is 5.90. The van der Waals surface area contributed by atoms with Crippen LogP contribution in [-0.2, 0) is 23.9 Å². The highest BCUT2D eigenvalue weighted by molar-refractivity contribution is 6.00. The van der Waals surface area contributed by atoms with Crippen molar-refractivity contribution >= 4 is 29.6 Å². The Bertz CT molecular complexity index is 1050. The molecule has 0 bridgehead atoms. The van der Waals surface area contributed by atoms with Crippen LogP contribution >= 0.6 is 0 Å². The zero-order valence-corrected chi connectivity index (χ0v) is 23.6. The van der Waals surface area contributed by atoms with Crippen LogP contribution in [0.2, 0.25) is 0 Å². The van der Waals surface area contributed by atoms with E-state index >= 15 is 0 Å². The average molecular weight is 547 g/mol. The number of carbonyl (C=O) groups is 5. The lowest BCUT2D eigenvalue weighted by atomic mass is 10.00. The first-order chi connectivity index (χ1) is 18.3. The number of benzene rings is 1. The molecule has 0 aliphatic rings. The maximum absolute atomic E-state index is 13.3. The molecule has 0 aliphatic heterocycles. The first-order valence-electron chi connectivity index (χ1n) is 13.1. The average Bonchev–Trinajstić information content (AvgIpc) is 2.84. The summed E-state index contributed by atoms with van der Waals surface area (Å²) in [7, 11) is 0. The summed E-state index contributed by atoms with van der Waals surface area (Å²) in [6, 6.07) is 1.82. The zero-order valence-electron chi connectivity index (χ0n) is 23.6. The van der Waals surface area contributed by atoms with Crippen molar-refractivity contribution in [3.05, 3.63) is 41.5 Å². The molecule has 4 amide bonds. The van der Waals surface area contributed by atoms with Crippen LogP contribution in [0.5, 0.6) is 5.75 Å². The Morgan fingerprint density at radius 2 is 1.69 bits per heavy atom. The minimum atomic E-state index is -1.13. The summed E-state index contributed by atoms with van der Waals surface area (Å²) >= 11 is 0. The molecule has 3 atom stereocenters. The minimum Gasteiger partial charge on any atom is -0.508 e. The van der Waals surface area contributed by atoms with Crippen LogP contribution < -0.4 is 21.7 Å². The van der Waals surface area contributed by atoms with Crippen molar-refractivity contribution in [2.45, 2.75) is 78.9 Å². The highest BCUT2D eigenvalue weighted by Gasteiger charge is 2.30. The van der Waals surface area contributed by atoms with Gasteiger partial charge in [0, 0.05) is 29.7 Å². The highest BCUT2D eigenvalue weighted by Crippen LogP contribution is 2.20. The Balaban J connectivity index is 3.11. The molecule has 11 heteroatoms. The van der Waals surface area contributed by atoms with Crippen molar-refractivity contribution in [1.29, 1.82) is 0 Å². The van der Waals surface area contributed by atoms with E-state index in [0.29, 0.717) is 12.0 Å². The molecule has 0 saturated carbocycles. The molecule has 0 aliphatic carbocycles. The van der Waals surface area contributed by atoms with Gasteiger partial charge in [-0.1, -0.05) is 39.8 Å². The number of esters is 1. The monoisotopic (exact) mass is 546 g/mol. The predicted molar refractivity (Wildman–Crippen MR) is 146 cm³/mol. The second kappa shape index (κ2) is 16.2. The van der Waals surface area contributed by atoms with E-state index < -0.39 is 47.7 Å². The van der Waals surface area contributed by atoms with Crippen LogP contribution in [0.1, 0.15) is 69.8 Å².